The first kappa shape index (κ1) is 16.4. The smallest absolute Gasteiger partial charge is 0.254 e. The van der Waals surface area contributed by atoms with Gasteiger partial charge in [0.1, 0.15) is 0 Å². The predicted molar refractivity (Wildman–Crippen MR) is 95.7 cm³/mol. The number of carbonyl (C=O) groups excluding carboxylic acids is 1. The van der Waals surface area contributed by atoms with Gasteiger partial charge in [-0.15, -0.1) is 5.10 Å². The summed E-state index contributed by atoms with van der Waals surface area (Å²) in [6.45, 7) is 0.674. The van der Waals surface area contributed by atoms with Crippen LogP contribution in [-0.2, 0) is 0 Å². The summed E-state index contributed by atoms with van der Waals surface area (Å²) in [4.78, 5) is 14.6. The lowest BCUT2D eigenvalue weighted by molar-refractivity contribution is 0.0677. The molecule has 2 aromatic carbocycles. The van der Waals surface area contributed by atoms with Gasteiger partial charge in [0.05, 0.1) is 18.3 Å². The largest absolute Gasteiger partial charge is 0.394 e. The summed E-state index contributed by atoms with van der Waals surface area (Å²) >= 11 is 0. The Labute approximate surface area is 150 Å². The molecule has 0 spiro atoms. The number of amides is 1. The quantitative estimate of drug-likeness (QED) is 0.778. The molecule has 1 fully saturated rings. The third kappa shape index (κ3) is 2.97. The number of nitrogens with zero attached hydrogens (tertiary/aromatic N) is 5. The number of hydrogen-bond donors (Lipinski definition) is 1. The lowest BCUT2D eigenvalue weighted by atomic mass is 10.1. The van der Waals surface area contributed by atoms with E-state index in [2.05, 4.69) is 15.5 Å². The Morgan fingerprint density at radius 2 is 2.00 bits per heavy atom. The molecule has 1 aliphatic heterocycles. The molecule has 0 radical (unpaired) electrons. The molecule has 2 heterocycles. The molecule has 4 rings (SSSR count). The number of hydrogen-bond acceptors (Lipinski definition) is 5. The van der Waals surface area contributed by atoms with Crippen LogP contribution >= 0.6 is 0 Å². The lowest BCUT2D eigenvalue weighted by Gasteiger charge is -2.23. The lowest BCUT2D eigenvalue weighted by Crippen LogP contribution is -2.37. The zero-order chi connectivity index (χ0) is 17.9. The Bertz CT molecular complexity index is 909. The van der Waals surface area contributed by atoms with E-state index in [1.807, 2.05) is 42.5 Å². The van der Waals surface area contributed by atoms with Crippen LogP contribution in [0.3, 0.4) is 0 Å². The molecule has 3 aromatic rings. The van der Waals surface area contributed by atoms with Gasteiger partial charge >= 0.3 is 0 Å². The molecule has 1 aromatic heterocycles. The molecule has 0 saturated carbocycles. The van der Waals surface area contributed by atoms with Crippen LogP contribution < -0.4 is 0 Å². The van der Waals surface area contributed by atoms with Crippen molar-refractivity contribution in [3.8, 4) is 17.1 Å². The van der Waals surface area contributed by atoms with Crippen LogP contribution in [0, 0.1) is 0 Å². The molecule has 1 atom stereocenters. The fourth-order valence-corrected chi connectivity index (χ4v) is 3.36. The van der Waals surface area contributed by atoms with Crippen LogP contribution in [0.4, 0.5) is 0 Å². The van der Waals surface area contributed by atoms with E-state index in [9.17, 15) is 9.90 Å². The van der Waals surface area contributed by atoms with E-state index in [-0.39, 0.29) is 18.6 Å². The second-order valence-corrected chi connectivity index (χ2v) is 6.31. The molecule has 0 unspecified atom stereocenters. The highest BCUT2D eigenvalue weighted by molar-refractivity contribution is 5.95. The Morgan fingerprint density at radius 1 is 1.15 bits per heavy atom. The van der Waals surface area contributed by atoms with Crippen molar-refractivity contribution in [1.29, 1.82) is 0 Å². The minimum absolute atomic E-state index is 0.00230. The van der Waals surface area contributed by atoms with Gasteiger partial charge in [0.25, 0.3) is 5.91 Å². The zero-order valence-corrected chi connectivity index (χ0v) is 14.2. The van der Waals surface area contributed by atoms with Gasteiger partial charge in [0, 0.05) is 17.7 Å². The normalized spacial score (nSPS) is 16.8. The van der Waals surface area contributed by atoms with E-state index in [0.717, 1.165) is 24.1 Å². The molecule has 0 aliphatic carbocycles. The molecular weight excluding hydrogens is 330 g/mol. The fourth-order valence-electron chi connectivity index (χ4n) is 3.36. The summed E-state index contributed by atoms with van der Waals surface area (Å²) in [5.41, 5.74) is 2.19. The maximum Gasteiger partial charge on any atom is 0.254 e. The third-order valence-electron chi connectivity index (χ3n) is 4.69. The van der Waals surface area contributed by atoms with Crippen molar-refractivity contribution in [3.05, 3.63) is 60.2 Å². The summed E-state index contributed by atoms with van der Waals surface area (Å²) in [7, 11) is 0. The number of rotatable bonds is 4. The van der Waals surface area contributed by atoms with Crippen molar-refractivity contribution in [1.82, 2.24) is 25.1 Å². The van der Waals surface area contributed by atoms with Gasteiger partial charge in [-0.05, 0) is 47.5 Å². The zero-order valence-electron chi connectivity index (χ0n) is 14.2. The van der Waals surface area contributed by atoms with E-state index >= 15 is 0 Å². The van der Waals surface area contributed by atoms with Crippen LogP contribution in [-0.4, -0.2) is 55.3 Å². The minimum atomic E-state index is -0.0965. The summed E-state index contributed by atoms with van der Waals surface area (Å²) in [6.07, 6.45) is 1.76. The second kappa shape index (κ2) is 7.05. The van der Waals surface area contributed by atoms with Crippen molar-refractivity contribution in [3.63, 3.8) is 0 Å². The number of benzene rings is 2. The number of aromatic nitrogens is 4. The molecule has 1 amide bonds. The molecule has 26 heavy (non-hydrogen) atoms. The van der Waals surface area contributed by atoms with Gasteiger partial charge in [-0.1, -0.05) is 30.3 Å². The number of likely N-dealkylation sites (tertiary alicyclic amines) is 1. The summed E-state index contributed by atoms with van der Waals surface area (Å²) in [6, 6.07) is 16.8. The van der Waals surface area contributed by atoms with Gasteiger partial charge in [-0.3, -0.25) is 4.79 Å². The first-order valence-electron chi connectivity index (χ1n) is 8.64. The van der Waals surface area contributed by atoms with Crippen LogP contribution in [0.15, 0.2) is 54.6 Å². The fraction of sp³-hybridized carbons (Fsp3) is 0.263. The summed E-state index contributed by atoms with van der Waals surface area (Å²) < 4.78 is 1.65. The van der Waals surface area contributed by atoms with Crippen molar-refractivity contribution >= 4 is 5.91 Å². The number of aliphatic hydroxyl groups is 1. The van der Waals surface area contributed by atoms with Gasteiger partial charge in [-0.2, -0.15) is 4.68 Å². The Kier molecular flexibility index (Phi) is 4.45. The number of tetrazole rings is 1. The summed E-state index contributed by atoms with van der Waals surface area (Å²) in [5, 5.41) is 21.5. The SMILES string of the molecule is O=C(c1cccc(-c2nnnn2-c2ccccc2)c1)N1CCC[C@H]1CO. The molecule has 7 nitrogen and oxygen atoms in total. The van der Waals surface area contributed by atoms with E-state index in [0.29, 0.717) is 17.9 Å². The molecule has 132 valence electrons. The van der Waals surface area contributed by atoms with Crippen molar-refractivity contribution in [2.75, 3.05) is 13.2 Å². The first-order chi connectivity index (χ1) is 12.8. The predicted octanol–water partition coefficient (Wildman–Crippen LogP) is 1.93. The highest BCUT2D eigenvalue weighted by atomic mass is 16.3. The third-order valence-corrected chi connectivity index (χ3v) is 4.69. The van der Waals surface area contributed by atoms with Crippen molar-refractivity contribution in [2.45, 2.75) is 18.9 Å². The van der Waals surface area contributed by atoms with E-state index in [1.165, 1.54) is 0 Å². The van der Waals surface area contributed by atoms with Gasteiger partial charge < -0.3 is 10.0 Å². The van der Waals surface area contributed by atoms with Crippen molar-refractivity contribution in [2.24, 2.45) is 0 Å². The van der Waals surface area contributed by atoms with E-state index in [1.54, 1.807) is 21.7 Å². The average Bonchev–Trinajstić information content (AvgIpc) is 3.37. The standard InChI is InChI=1S/C19H19N5O2/c25-13-17-10-5-11-23(17)19(26)15-7-4-6-14(12-15)18-20-21-22-24(18)16-8-2-1-3-9-16/h1-4,6-9,12,17,25H,5,10-11,13H2/t17-/m0/s1. The number of carbonyl (C=O) groups is 1. The maximum atomic E-state index is 12.8. The highest BCUT2D eigenvalue weighted by Gasteiger charge is 2.29. The van der Waals surface area contributed by atoms with Gasteiger partial charge in [0.2, 0.25) is 0 Å². The Balaban J connectivity index is 1.67. The van der Waals surface area contributed by atoms with Crippen LogP contribution in [0.1, 0.15) is 23.2 Å². The number of para-hydroxylation sites is 1. The Hall–Kier alpha value is -3.06. The van der Waals surface area contributed by atoms with E-state index < -0.39 is 0 Å². The average molecular weight is 349 g/mol. The minimum Gasteiger partial charge on any atom is -0.394 e. The number of aliphatic hydroxyl groups excluding tert-OH is 1. The maximum absolute atomic E-state index is 12.8. The monoisotopic (exact) mass is 349 g/mol. The molecule has 0 bridgehead atoms. The molecular formula is C19H19N5O2. The first-order valence-corrected chi connectivity index (χ1v) is 8.64. The van der Waals surface area contributed by atoms with Gasteiger partial charge in [0.15, 0.2) is 5.82 Å². The molecule has 1 saturated heterocycles. The molecule has 1 N–H and O–H groups in total. The van der Waals surface area contributed by atoms with Crippen LogP contribution in [0.2, 0.25) is 0 Å². The van der Waals surface area contributed by atoms with Gasteiger partial charge in [-0.25, -0.2) is 0 Å². The van der Waals surface area contributed by atoms with E-state index in [4.69, 9.17) is 0 Å². The summed E-state index contributed by atoms with van der Waals surface area (Å²) in [5.74, 6) is 0.508. The topological polar surface area (TPSA) is 84.1 Å². The van der Waals surface area contributed by atoms with Crippen LogP contribution in [0.5, 0.6) is 0 Å². The molecule has 1 aliphatic rings. The molecule has 7 heteroatoms. The highest BCUT2D eigenvalue weighted by Crippen LogP contribution is 2.24. The second-order valence-electron chi connectivity index (χ2n) is 6.31. The van der Waals surface area contributed by atoms with Crippen molar-refractivity contribution < 1.29 is 9.90 Å². The Morgan fingerprint density at radius 3 is 2.81 bits per heavy atom. The van der Waals surface area contributed by atoms with Crippen LogP contribution in [0.25, 0.3) is 17.1 Å².